The average molecular weight is 498 g/mol. The van der Waals surface area contributed by atoms with Gasteiger partial charge in [0.15, 0.2) is 5.82 Å². The number of nitrogens with zero attached hydrogens (tertiary/aromatic N) is 2. The second-order valence-electron chi connectivity index (χ2n) is 3.63. The minimum Gasteiger partial charge on any atom is -0.215 e. The van der Waals surface area contributed by atoms with Gasteiger partial charge in [-0.05, 0) is 40.8 Å². The zero-order chi connectivity index (χ0) is 15.1. The van der Waals surface area contributed by atoms with Crippen LogP contribution in [-0.4, -0.2) is 9.97 Å². The number of halogens is 7. The first-order valence-corrected chi connectivity index (χ1v) is 7.58. The van der Waals surface area contributed by atoms with Gasteiger partial charge in [-0.25, -0.2) is 9.97 Å². The fraction of sp³-hybridized carbons (Fsp3) is 0.0909. The summed E-state index contributed by atoms with van der Waals surface area (Å²) in [6.07, 6.45) is -4.54. The minimum atomic E-state index is -4.54. The second kappa shape index (κ2) is 5.94. The Morgan fingerprint density at radius 3 is 2.15 bits per heavy atom. The molecular formula is C11H3BrCl2F3IN2. The molecule has 0 bridgehead atoms. The van der Waals surface area contributed by atoms with Crippen molar-refractivity contribution in [3.8, 4) is 11.4 Å². The van der Waals surface area contributed by atoms with Crippen LogP contribution in [0.4, 0.5) is 13.2 Å². The van der Waals surface area contributed by atoms with Crippen LogP contribution >= 0.6 is 61.7 Å². The quantitative estimate of drug-likeness (QED) is 0.366. The lowest BCUT2D eigenvalue weighted by atomic mass is 10.1. The van der Waals surface area contributed by atoms with E-state index in [-0.39, 0.29) is 21.7 Å². The number of aromatic nitrogens is 2. The van der Waals surface area contributed by atoms with E-state index in [0.29, 0.717) is 8.04 Å². The highest BCUT2D eigenvalue weighted by Gasteiger charge is 2.34. The van der Waals surface area contributed by atoms with E-state index in [2.05, 4.69) is 25.9 Å². The first-order chi connectivity index (χ1) is 9.20. The predicted molar refractivity (Wildman–Crippen MR) is 82.9 cm³/mol. The molecule has 2 nitrogen and oxygen atoms in total. The molecule has 0 aliphatic heterocycles. The highest BCUT2D eigenvalue weighted by Crippen LogP contribution is 2.38. The molecule has 0 unspecified atom stereocenters. The Hall–Kier alpha value is -0.120. The number of hydrogen-bond acceptors (Lipinski definition) is 2. The molecule has 2 rings (SSSR count). The second-order valence-corrected chi connectivity index (χ2v) is 6.34. The molecule has 0 saturated carbocycles. The smallest absolute Gasteiger partial charge is 0.215 e. The van der Waals surface area contributed by atoms with Crippen molar-refractivity contribution in [3.63, 3.8) is 0 Å². The maximum Gasteiger partial charge on any atom is 0.417 e. The average Bonchev–Trinajstić information content (AvgIpc) is 2.34. The van der Waals surface area contributed by atoms with E-state index in [1.54, 1.807) is 0 Å². The van der Waals surface area contributed by atoms with Crippen LogP contribution in [0.15, 0.2) is 22.7 Å². The van der Waals surface area contributed by atoms with Gasteiger partial charge >= 0.3 is 6.18 Å². The Labute approximate surface area is 144 Å². The molecule has 1 heterocycles. The third-order valence-electron chi connectivity index (χ3n) is 2.30. The van der Waals surface area contributed by atoms with Crippen LogP contribution in [-0.2, 0) is 6.18 Å². The summed E-state index contributed by atoms with van der Waals surface area (Å²) < 4.78 is 39.8. The Morgan fingerprint density at radius 1 is 1.10 bits per heavy atom. The van der Waals surface area contributed by atoms with Gasteiger partial charge in [0.1, 0.15) is 10.3 Å². The third-order valence-corrected chi connectivity index (χ3v) is 5.00. The summed E-state index contributed by atoms with van der Waals surface area (Å²) in [5, 5.41) is 0.0216. The lowest BCUT2D eigenvalue weighted by Gasteiger charge is -2.13. The van der Waals surface area contributed by atoms with Crippen LogP contribution in [0.1, 0.15) is 5.56 Å². The van der Waals surface area contributed by atoms with Gasteiger partial charge in [-0.2, -0.15) is 13.2 Å². The number of rotatable bonds is 1. The van der Waals surface area contributed by atoms with Gasteiger partial charge in [-0.15, -0.1) is 0 Å². The normalized spacial score (nSPS) is 11.8. The molecule has 2 aromatic rings. The van der Waals surface area contributed by atoms with E-state index in [0.717, 1.165) is 6.07 Å². The van der Waals surface area contributed by atoms with Crippen LogP contribution in [0.2, 0.25) is 10.3 Å². The van der Waals surface area contributed by atoms with Crippen LogP contribution in [0.5, 0.6) is 0 Å². The molecule has 1 aromatic carbocycles. The molecule has 1 aromatic heterocycles. The van der Waals surface area contributed by atoms with Crippen molar-refractivity contribution in [2.24, 2.45) is 0 Å². The molecule has 0 saturated heterocycles. The largest absolute Gasteiger partial charge is 0.417 e. The molecule has 0 spiro atoms. The Morgan fingerprint density at radius 2 is 1.65 bits per heavy atom. The standard InChI is InChI=1S/C11H3BrCl2F3IN2/c12-4-1-2-5(6(3-4)11(15,16)17)10-19-8(13)7(18)9(14)20-10/h1-3H. The summed E-state index contributed by atoms with van der Waals surface area (Å²) >= 11 is 16.5. The molecular weight excluding hydrogens is 495 g/mol. The van der Waals surface area contributed by atoms with Crippen molar-refractivity contribution in [2.45, 2.75) is 6.18 Å². The zero-order valence-corrected chi connectivity index (χ0v) is 14.5. The first-order valence-electron chi connectivity index (χ1n) is 4.96. The van der Waals surface area contributed by atoms with Crippen LogP contribution < -0.4 is 0 Å². The Kier molecular flexibility index (Phi) is 4.83. The summed E-state index contributed by atoms with van der Waals surface area (Å²) in [6, 6.07) is 3.69. The summed E-state index contributed by atoms with van der Waals surface area (Å²) in [6.45, 7) is 0. The lowest BCUT2D eigenvalue weighted by Crippen LogP contribution is -2.08. The van der Waals surface area contributed by atoms with E-state index < -0.39 is 11.7 Å². The van der Waals surface area contributed by atoms with Gasteiger partial charge in [-0.3, -0.25) is 0 Å². The number of benzene rings is 1. The van der Waals surface area contributed by atoms with Crippen molar-refractivity contribution in [3.05, 3.63) is 42.1 Å². The lowest BCUT2D eigenvalue weighted by molar-refractivity contribution is -0.137. The van der Waals surface area contributed by atoms with Crippen LogP contribution in [0, 0.1) is 3.57 Å². The van der Waals surface area contributed by atoms with E-state index in [1.165, 1.54) is 12.1 Å². The highest BCUT2D eigenvalue weighted by molar-refractivity contribution is 14.1. The molecule has 9 heteroatoms. The van der Waals surface area contributed by atoms with Crippen molar-refractivity contribution in [1.82, 2.24) is 9.97 Å². The topological polar surface area (TPSA) is 25.8 Å². The van der Waals surface area contributed by atoms with Gasteiger partial charge in [0.25, 0.3) is 0 Å². The molecule has 0 amide bonds. The number of alkyl halides is 3. The third kappa shape index (κ3) is 3.37. The van der Waals surface area contributed by atoms with E-state index in [4.69, 9.17) is 23.2 Å². The van der Waals surface area contributed by atoms with Gasteiger partial charge in [-0.1, -0.05) is 39.1 Å². The molecule has 0 radical (unpaired) electrons. The summed E-state index contributed by atoms with van der Waals surface area (Å²) in [7, 11) is 0. The molecule has 106 valence electrons. The highest BCUT2D eigenvalue weighted by atomic mass is 127. The molecule has 0 aliphatic rings. The zero-order valence-electron chi connectivity index (χ0n) is 9.27. The summed E-state index contributed by atoms with van der Waals surface area (Å²) in [5.74, 6) is -0.166. The predicted octanol–water partition coefficient (Wildman–Crippen LogP) is 5.84. The van der Waals surface area contributed by atoms with E-state index in [9.17, 15) is 13.2 Å². The fourth-order valence-corrected chi connectivity index (χ4v) is 2.45. The maximum atomic E-state index is 13.1. The van der Waals surface area contributed by atoms with Gasteiger partial charge < -0.3 is 0 Å². The Bertz CT molecular complexity index is 656. The van der Waals surface area contributed by atoms with E-state index >= 15 is 0 Å². The summed E-state index contributed by atoms with van der Waals surface area (Å²) in [5.41, 5.74) is -1.04. The molecule has 20 heavy (non-hydrogen) atoms. The van der Waals surface area contributed by atoms with Crippen molar-refractivity contribution >= 4 is 61.7 Å². The Balaban J connectivity index is 2.70. The van der Waals surface area contributed by atoms with Crippen molar-refractivity contribution in [2.75, 3.05) is 0 Å². The molecule has 0 aliphatic carbocycles. The number of hydrogen-bond donors (Lipinski definition) is 0. The SMILES string of the molecule is FC(F)(F)c1cc(Br)ccc1-c1nc(Cl)c(I)c(Cl)n1. The minimum absolute atomic E-state index is 0.0108. The molecule has 0 atom stereocenters. The van der Waals surface area contributed by atoms with Crippen molar-refractivity contribution in [1.29, 1.82) is 0 Å². The van der Waals surface area contributed by atoms with Gasteiger partial charge in [0.05, 0.1) is 9.13 Å². The first kappa shape index (κ1) is 16.3. The monoisotopic (exact) mass is 496 g/mol. The van der Waals surface area contributed by atoms with Crippen LogP contribution in [0.25, 0.3) is 11.4 Å². The molecule has 0 fully saturated rings. The fourth-order valence-electron chi connectivity index (χ4n) is 1.46. The van der Waals surface area contributed by atoms with Crippen molar-refractivity contribution < 1.29 is 13.2 Å². The van der Waals surface area contributed by atoms with E-state index in [1.807, 2.05) is 22.6 Å². The molecule has 0 N–H and O–H groups in total. The van der Waals surface area contributed by atoms with Gasteiger partial charge in [0, 0.05) is 10.0 Å². The summed E-state index contributed by atoms with van der Waals surface area (Å²) in [4.78, 5) is 7.71. The maximum absolute atomic E-state index is 13.1. The van der Waals surface area contributed by atoms with Crippen LogP contribution in [0.3, 0.4) is 0 Å². The van der Waals surface area contributed by atoms with Gasteiger partial charge in [0.2, 0.25) is 0 Å².